The predicted molar refractivity (Wildman–Crippen MR) is 88.4 cm³/mol. The topological polar surface area (TPSA) is 0 Å². The fraction of sp³-hybridized carbons (Fsp3) is 1.00. The zero-order valence-corrected chi connectivity index (χ0v) is 16.3. The number of hydrogen-bond acceptors (Lipinski definition) is 0. The lowest BCUT2D eigenvalue weighted by Gasteiger charge is -2.42. The molecule has 0 nitrogen and oxygen atoms in total. The molecule has 0 saturated carbocycles. The molecule has 0 aromatic rings. The summed E-state index contributed by atoms with van der Waals surface area (Å²) in [4.78, 5) is 0. The molecule has 0 aliphatic carbocycles. The second-order valence-electron chi connectivity index (χ2n) is 6.65. The van der Waals surface area contributed by atoms with Crippen molar-refractivity contribution in [3.63, 3.8) is 0 Å². The molecule has 4 heteroatoms. The first kappa shape index (κ1) is 18.0. The van der Waals surface area contributed by atoms with E-state index in [0.717, 1.165) is 5.67 Å². The molecule has 104 valence electrons. The summed E-state index contributed by atoms with van der Waals surface area (Å²) in [5, 5.41) is 0. The summed E-state index contributed by atoms with van der Waals surface area (Å²) < 4.78 is 0. The van der Waals surface area contributed by atoms with E-state index in [9.17, 15) is 0 Å². The first-order valence-electron chi connectivity index (χ1n) is 6.86. The summed E-state index contributed by atoms with van der Waals surface area (Å²) in [6, 6.07) is 0. The third-order valence-electron chi connectivity index (χ3n) is 4.38. The Balaban J connectivity index is 5.22. The van der Waals surface area contributed by atoms with Crippen LogP contribution in [-0.2, 0) is 0 Å². The van der Waals surface area contributed by atoms with Crippen molar-refractivity contribution < 1.29 is 0 Å². The molecule has 0 amide bonds. The molecule has 0 aliphatic rings. The summed E-state index contributed by atoms with van der Waals surface area (Å²) in [6.45, 7) is 18.3. The van der Waals surface area contributed by atoms with Crippen molar-refractivity contribution in [3.05, 3.63) is 0 Å². The maximum absolute atomic E-state index is 7.07. The zero-order chi connectivity index (χ0) is 14.0. The van der Waals surface area contributed by atoms with Crippen molar-refractivity contribution in [2.75, 3.05) is 0 Å². The van der Waals surface area contributed by atoms with Gasteiger partial charge in [-0.15, -0.1) is 0 Å². The molecule has 0 atom stereocenters. The van der Waals surface area contributed by atoms with Gasteiger partial charge in [0.05, 0.1) is 0 Å². The fourth-order valence-corrected chi connectivity index (χ4v) is 19.7. The molecule has 0 rings (SSSR count). The Hall–Kier alpha value is 1.01. The summed E-state index contributed by atoms with van der Waals surface area (Å²) in [7, 11) is -3.53. The monoisotopic (exact) mass is 312 g/mol. The van der Waals surface area contributed by atoms with Gasteiger partial charge in [0, 0.05) is 0 Å². The molecule has 0 heterocycles. The molecule has 0 fully saturated rings. The molecular weight excluding hydrogens is 283 g/mol. The lowest BCUT2D eigenvalue weighted by atomic mass is 10.5. The highest BCUT2D eigenvalue weighted by molar-refractivity contribution is 7.34. The minimum absolute atomic E-state index is 0.604. The van der Waals surface area contributed by atoms with E-state index in [0.29, 0.717) is 22.2 Å². The Labute approximate surface area is 120 Å². The van der Waals surface area contributed by atoms with Crippen LogP contribution in [0.1, 0.15) is 55.4 Å². The quantitative estimate of drug-likeness (QED) is 0.386. The van der Waals surface area contributed by atoms with Gasteiger partial charge in [0.25, 0.3) is 0 Å². The molecule has 0 radical (unpaired) electrons. The van der Waals surface area contributed by atoms with Crippen molar-refractivity contribution in [1.82, 2.24) is 0 Å². The van der Waals surface area contributed by atoms with Gasteiger partial charge in [-0.2, -0.15) is 22.2 Å². The normalized spacial score (nSPS) is 14.5. The standard InChI is InChI=1S/C13H30Cl2Si2/c1-10(2)16(14,11(3)4)9-17(15,12(5)6)13(7)8/h10-13H,9H2,1-8H3. The van der Waals surface area contributed by atoms with Gasteiger partial charge in [-0.25, -0.2) is 0 Å². The fourth-order valence-electron chi connectivity index (χ4n) is 2.57. The average molecular weight is 313 g/mol. The summed E-state index contributed by atoms with van der Waals surface area (Å²) >= 11 is 14.1. The molecule has 0 aromatic heterocycles. The molecule has 0 unspecified atom stereocenters. The van der Waals surface area contributed by atoms with Crippen molar-refractivity contribution in [2.24, 2.45) is 0 Å². The van der Waals surface area contributed by atoms with Crippen LogP contribution >= 0.6 is 22.2 Å². The highest BCUT2D eigenvalue weighted by Gasteiger charge is 2.49. The van der Waals surface area contributed by atoms with Crippen LogP contribution in [0.5, 0.6) is 0 Å². The van der Waals surface area contributed by atoms with E-state index >= 15 is 0 Å². The van der Waals surface area contributed by atoms with Crippen LogP contribution in [0, 0.1) is 0 Å². The molecule has 0 spiro atoms. The van der Waals surface area contributed by atoms with Crippen molar-refractivity contribution in [2.45, 2.75) is 83.2 Å². The Morgan fingerprint density at radius 1 is 0.588 bits per heavy atom. The minimum Gasteiger partial charge on any atom is -0.167 e. The second kappa shape index (κ2) is 6.45. The first-order chi connectivity index (χ1) is 7.48. The van der Waals surface area contributed by atoms with E-state index in [2.05, 4.69) is 55.4 Å². The van der Waals surface area contributed by atoms with E-state index < -0.39 is 14.8 Å². The van der Waals surface area contributed by atoms with Crippen molar-refractivity contribution in [3.8, 4) is 0 Å². The zero-order valence-electron chi connectivity index (χ0n) is 12.8. The van der Waals surface area contributed by atoms with Crippen LogP contribution in [0.25, 0.3) is 0 Å². The van der Waals surface area contributed by atoms with Gasteiger partial charge in [-0.1, -0.05) is 55.4 Å². The number of rotatable bonds is 6. The summed E-state index contributed by atoms with van der Waals surface area (Å²) in [6.07, 6.45) is 0. The lowest BCUT2D eigenvalue weighted by Crippen LogP contribution is -2.48. The molecule has 0 bridgehead atoms. The predicted octanol–water partition coefficient (Wildman–Crippen LogP) is 6.53. The third-order valence-corrected chi connectivity index (χ3v) is 24.0. The highest BCUT2D eigenvalue weighted by Crippen LogP contribution is 2.49. The van der Waals surface area contributed by atoms with Crippen LogP contribution in [0.2, 0.25) is 27.8 Å². The van der Waals surface area contributed by atoms with Crippen LogP contribution < -0.4 is 0 Å². The summed E-state index contributed by atoms with van der Waals surface area (Å²) in [5.74, 6) is 0. The van der Waals surface area contributed by atoms with E-state index in [4.69, 9.17) is 22.2 Å². The Morgan fingerprint density at radius 2 is 0.765 bits per heavy atom. The van der Waals surface area contributed by atoms with E-state index in [1.54, 1.807) is 0 Å². The van der Waals surface area contributed by atoms with E-state index in [-0.39, 0.29) is 0 Å². The summed E-state index contributed by atoms with van der Waals surface area (Å²) in [5.41, 5.74) is 3.56. The minimum atomic E-state index is -1.76. The van der Waals surface area contributed by atoms with Crippen LogP contribution in [0.4, 0.5) is 0 Å². The molecule has 0 aromatic carbocycles. The van der Waals surface area contributed by atoms with Gasteiger partial charge in [-0.05, 0) is 27.8 Å². The Kier molecular flexibility index (Phi) is 6.83. The first-order valence-corrected chi connectivity index (χ1v) is 13.6. The maximum Gasteiger partial charge on any atom is 0.160 e. The average Bonchev–Trinajstić information content (AvgIpc) is 2.15. The van der Waals surface area contributed by atoms with Gasteiger partial charge in [0.2, 0.25) is 0 Å². The Morgan fingerprint density at radius 3 is 0.882 bits per heavy atom. The maximum atomic E-state index is 7.07. The van der Waals surface area contributed by atoms with E-state index in [1.807, 2.05) is 0 Å². The second-order valence-corrected chi connectivity index (χ2v) is 20.6. The smallest absolute Gasteiger partial charge is 0.160 e. The molecule has 0 N–H and O–H groups in total. The molecular formula is C13H30Cl2Si2. The van der Waals surface area contributed by atoms with Gasteiger partial charge in [0.15, 0.2) is 14.8 Å². The molecule has 17 heavy (non-hydrogen) atoms. The number of halogens is 2. The van der Waals surface area contributed by atoms with Gasteiger partial charge < -0.3 is 0 Å². The van der Waals surface area contributed by atoms with Crippen molar-refractivity contribution in [1.29, 1.82) is 0 Å². The molecule has 0 saturated heterocycles. The van der Waals surface area contributed by atoms with E-state index in [1.165, 1.54) is 0 Å². The SMILES string of the molecule is CC(C)[Si](Cl)(C[Si](Cl)(C(C)C)C(C)C)C(C)C. The van der Waals surface area contributed by atoms with Crippen molar-refractivity contribution >= 4 is 36.9 Å². The molecule has 0 aliphatic heterocycles. The van der Waals surface area contributed by atoms with Crippen LogP contribution in [0.15, 0.2) is 0 Å². The lowest BCUT2D eigenvalue weighted by molar-refractivity contribution is 0.891. The van der Waals surface area contributed by atoms with Gasteiger partial charge in [0.1, 0.15) is 0 Å². The van der Waals surface area contributed by atoms with Gasteiger partial charge >= 0.3 is 0 Å². The largest absolute Gasteiger partial charge is 0.167 e. The van der Waals surface area contributed by atoms with Gasteiger partial charge in [-0.3, -0.25) is 0 Å². The van der Waals surface area contributed by atoms with Crippen LogP contribution in [-0.4, -0.2) is 14.8 Å². The number of hydrogen-bond donors (Lipinski definition) is 0. The highest BCUT2D eigenvalue weighted by atomic mass is 35.6. The Bertz CT molecular complexity index is 198. The third kappa shape index (κ3) is 3.99. The van der Waals surface area contributed by atoms with Crippen LogP contribution in [0.3, 0.4) is 0 Å².